The molecule has 0 aliphatic rings. The number of rotatable bonds is 1. The number of hydrogen-bond acceptors (Lipinski definition) is 1. The zero-order valence-corrected chi connectivity index (χ0v) is 6.82. The summed E-state index contributed by atoms with van der Waals surface area (Å²) >= 11 is 5.62. The van der Waals surface area contributed by atoms with Gasteiger partial charge in [0.05, 0.1) is 10.7 Å². The molecule has 0 unspecified atom stereocenters. The molecule has 0 aliphatic heterocycles. The Morgan fingerprint density at radius 3 is 2.75 bits per heavy atom. The molecule has 12 heavy (non-hydrogen) atoms. The third kappa shape index (κ3) is 1.85. The van der Waals surface area contributed by atoms with Crippen molar-refractivity contribution in [1.29, 1.82) is 5.41 Å². The Bertz CT molecular complexity index is 293. The minimum atomic E-state index is -0.530. The first-order valence-corrected chi connectivity index (χ1v) is 3.54. The molecule has 0 amide bonds. The molecule has 0 aromatic heterocycles. The van der Waals surface area contributed by atoms with E-state index >= 15 is 0 Å². The molecule has 0 saturated heterocycles. The predicted octanol–water partition coefficient (Wildman–Crippen LogP) is 1.78. The van der Waals surface area contributed by atoms with Gasteiger partial charge in [0.15, 0.2) is 5.96 Å². The van der Waals surface area contributed by atoms with Crippen LogP contribution in [0.5, 0.6) is 0 Å². The molecule has 0 aliphatic carbocycles. The van der Waals surface area contributed by atoms with Crippen molar-refractivity contribution in [3.05, 3.63) is 29.0 Å². The quantitative estimate of drug-likeness (QED) is 0.464. The largest absolute Gasteiger partial charge is 0.370 e. The van der Waals surface area contributed by atoms with Crippen LogP contribution in [0.4, 0.5) is 10.1 Å². The maximum absolute atomic E-state index is 12.9. The van der Waals surface area contributed by atoms with Crippen molar-refractivity contribution >= 4 is 23.2 Å². The summed E-state index contributed by atoms with van der Waals surface area (Å²) in [5.74, 6) is -0.875. The van der Waals surface area contributed by atoms with Crippen LogP contribution < -0.4 is 11.1 Å². The number of nitrogens with two attached hydrogens (primary N) is 1. The molecule has 0 saturated carbocycles. The van der Waals surface area contributed by atoms with Crippen LogP contribution >= 0.6 is 11.6 Å². The van der Waals surface area contributed by atoms with Crippen molar-refractivity contribution in [2.24, 2.45) is 5.73 Å². The Morgan fingerprint density at radius 1 is 1.58 bits per heavy atom. The van der Waals surface area contributed by atoms with Gasteiger partial charge in [0.1, 0.15) is 5.82 Å². The molecule has 0 spiro atoms. The summed E-state index contributed by atoms with van der Waals surface area (Å²) in [4.78, 5) is 0. The van der Waals surface area contributed by atoms with Crippen molar-refractivity contribution in [3.8, 4) is 0 Å². The van der Waals surface area contributed by atoms with Crippen molar-refractivity contribution in [1.82, 2.24) is 0 Å². The lowest BCUT2D eigenvalue weighted by Gasteiger charge is -2.06. The van der Waals surface area contributed by atoms with Crippen LogP contribution in [-0.4, -0.2) is 5.96 Å². The highest BCUT2D eigenvalue weighted by molar-refractivity contribution is 6.33. The molecule has 4 N–H and O–H groups in total. The smallest absolute Gasteiger partial charge is 0.190 e. The van der Waals surface area contributed by atoms with Crippen molar-refractivity contribution < 1.29 is 4.39 Å². The number of benzene rings is 1. The second-order valence-electron chi connectivity index (χ2n) is 2.14. The monoisotopic (exact) mass is 187 g/mol. The lowest BCUT2D eigenvalue weighted by Crippen LogP contribution is -2.21. The number of hydrogen-bond donors (Lipinski definition) is 3. The molecule has 5 heteroatoms. The average Bonchev–Trinajstić information content (AvgIpc) is 1.97. The molecular weight excluding hydrogens is 181 g/mol. The minimum Gasteiger partial charge on any atom is -0.370 e. The lowest BCUT2D eigenvalue weighted by molar-refractivity contribution is 0.632. The van der Waals surface area contributed by atoms with Crippen LogP contribution in [-0.2, 0) is 0 Å². The fourth-order valence-electron chi connectivity index (χ4n) is 0.752. The van der Waals surface area contributed by atoms with Crippen LogP contribution in [0.15, 0.2) is 18.2 Å². The molecule has 1 rings (SSSR count). The van der Waals surface area contributed by atoms with Gasteiger partial charge in [-0.3, -0.25) is 5.41 Å². The molecular formula is C7H7ClFN3. The van der Waals surface area contributed by atoms with E-state index in [1.807, 2.05) is 0 Å². The fraction of sp³-hybridized carbons (Fsp3) is 0. The Balaban J connectivity index is 3.04. The second-order valence-corrected chi connectivity index (χ2v) is 2.54. The molecule has 0 radical (unpaired) electrons. The summed E-state index contributed by atoms with van der Waals surface area (Å²) in [6, 6.07) is 4.22. The molecule has 1 aromatic rings. The summed E-state index contributed by atoms with van der Waals surface area (Å²) in [5, 5.41) is 9.36. The summed E-state index contributed by atoms with van der Waals surface area (Å²) in [5.41, 5.74) is 5.04. The van der Waals surface area contributed by atoms with Crippen molar-refractivity contribution in [2.45, 2.75) is 0 Å². The zero-order chi connectivity index (χ0) is 9.14. The summed E-state index contributed by atoms with van der Waals surface area (Å²) in [6.45, 7) is 0. The maximum atomic E-state index is 12.9. The van der Waals surface area contributed by atoms with E-state index in [4.69, 9.17) is 22.7 Å². The lowest BCUT2D eigenvalue weighted by atomic mass is 10.3. The van der Waals surface area contributed by atoms with E-state index in [0.29, 0.717) is 0 Å². The Labute approximate surface area is 73.8 Å². The Hall–Kier alpha value is -1.29. The van der Waals surface area contributed by atoms with E-state index < -0.39 is 5.82 Å². The van der Waals surface area contributed by atoms with E-state index in [1.165, 1.54) is 18.2 Å². The third-order valence-corrected chi connectivity index (χ3v) is 1.54. The highest BCUT2D eigenvalue weighted by Crippen LogP contribution is 2.23. The first kappa shape index (κ1) is 8.80. The van der Waals surface area contributed by atoms with E-state index in [9.17, 15) is 4.39 Å². The highest BCUT2D eigenvalue weighted by Gasteiger charge is 2.05. The molecule has 0 atom stereocenters. The topological polar surface area (TPSA) is 61.9 Å². The first-order valence-electron chi connectivity index (χ1n) is 3.16. The molecule has 0 heterocycles. The SMILES string of the molecule is N=C(N)Nc1c(F)cccc1Cl. The Morgan fingerprint density at radius 2 is 2.25 bits per heavy atom. The van der Waals surface area contributed by atoms with Crippen LogP contribution in [0.1, 0.15) is 0 Å². The average molecular weight is 188 g/mol. The Kier molecular flexibility index (Phi) is 2.50. The fourth-order valence-corrected chi connectivity index (χ4v) is 0.962. The molecule has 0 bridgehead atoms. The zero-order valence-electron chi connectivity index (χ0n) is 6.07. The van der Waals surface area contributed by atoms with Crippen LogP contribution in [0.2, 0.25) is 5.02 Å². The van der Waals surface area contributed by atoms with Gasteiger partial charge in [0.25, 0.3) is 0 Å². The first-order chi connectivity index (χ1) is 5.61. The van der Waals surface area contributed by atoms with Gasteiger partial charge < -0.3 is 11.1 Å². The second kappa shape index (κ2) is 3.40. The van der Waals surface area contributed by atoms with E-state index in [-0.39, 0.29) is 16.7 Å². The number of nitrogens with one attached hydrogen (secondary N) is 2. The maximum Gasteiger partial charge on any atom is 0.190 e. The molecule has 0 fully saturated rings. The van der Waals surface area contributed by atoms with E-state index in [0.717, 1.165) is 0 Å². The van der Waals surface area contributed by atoms with Gasteiger partial charge in [-0.2, -0.15) is 0 Å². The standard InChI is InChI=1S/C7H7ClFN3/c8-4-2-1-3-5(9)6(4)12-7(10)11/h1-3H,(H4,10,11,12). The molecule has 64 valence electrons. The number of guanidine groups is 1. The summed E-state index contributed by atoms with van der Waals surface area (Å²) in [6.07, 6.45) is 0. The normalized spacial score (nSPS) is 9.50. The molecule has 3 nitrogen and oxygen atoms in total. The van der Waals surface area contributed by atoms with E-state index in [2.05, 4.69) is 5.32 Å². The molecule has 1 aromatic carbocycles. The van der Waals surface area contributed by atoms with Gasteiger partial charge in [-0.1, -0.05) is 17.7 Å². The van der Waals surface area contributed by atoms with Crippen LogP contribution in [0, 0.1) is 11.2 Å². The predicted molar refractivity (Wildman–Crippen MR) is 46.9 cm³/mol. The van der Waals surface area contributed by atoms with Crippen molar-refractivity contribution in [2.75, 3.05) is 5.32 Å². The van der Waals surface area contributed by atoms with Crippen LogP contribution in [0.25, 0.3) is 0 Å². The number of halogens is 2. The van der Waals surface area contributed by atoms with Gasteiger partial charge in [0, 0.05) is 0 Å². The summed E-state index contributed by atoms with van der Waals surface area (Å²) in [7, 11) is 0. The van der Waals surface area contributed by atoms with Crippen molar-refractivity contribution in [3.63, 3.8) is 0 Å². The van der Waals surface area contributed by atoms with Crippen LogP contribution in [0.3, 0.4) is 0 Å². The number of anilines is 1. The van der Waals surface area contributed by atoms with Gasteiger partial charge >= 0.3 is 0 Å². The van der Waals surface area contributed by atoms with E-state index in [1.54, 1.807) is 0 Å². The summed E-state index contributed by atoms with van der Waals surface area (Å²) < 4.78 is 12.9. The van der Waals surface area contributed by atoms with Gasteiger partial charge in [-0.05, 0) is 12.1 Å². The minimum absolute atomic E-state index is 0.0340. The van der Waals surface area contributed by atoms with Gasteiger partial charge in [-0.15, -0.1) is 0 Å². The third-order valence-electron chi connectivity index (χ3n) is 1.22. The number of para-hydroxylation sites is 1. The van der Waals surface area contributed by atoms with Gasteiger partial charge in [-0.25, -0.2) is 4.39 Å². The van der Waals surface area contributed by atoms with Gasteiger partial charge in [0.2, 0.25) is 0 Å². The highest BCUT2D eigenvalue weighted by atomic mass is 35.5.